The number of ether oxygens (including phenoxy) is 1. The van der Waals surface area contributed by atoms with Crippen LogP contribution < -0.4 is 10.1 Å². The fourth-order valence-corrected chi connectivity index (χ4v) is 1.84. The minimum atomic E-state index is 0.677. The second-order valence-corrected chi connectivity index (χ2v) is 4.37. The van der Waals surface area contributed by atoms with Gasteiger partial charge in [-0.1, -0.05) is 18.2 Å². The Hall–Kier alpha value is -2.47. The van der Waals surface area contributed by atoms with Crippen molar-refractivity contribution in [3.63, 3.8) is 0 Å². The predicted molar refractivity (Wildman–Crippen MR) is 76.2 cm³/mol. The van der Waals surface area contributed by atoms with Gasteiger partial charge >= 0.3 is 0 Å². The maximum atomic E-state index is 8.75. The molecule has 96 valence electrons. The van der Waals surface area contributed by atoms with Crippen LogP contribution in [0.25, 0.3) is 0 Å². The van der Waals surface area contributed by atoms with Gasteiger partial charge in [-0.05, 0) is 42.3 Å². The van der Waals surface area contributed by atoms with Crippen molar-refractivity contribution in [2.24, 2.45) is 0 Å². The molecule has 0 radical (unpaired) electrons. The SMILES string of the molecule is COc1cc(C)ccc1NCc1ccc(C#N)cc1. The summed E-state index contributed by atoms with van der Waals surface area (Å²) in [5.74, 6) is 0.841. The summed E-state index contributed by atoms with van der Waals surface area (Å²) in [6.45, 7) is 2.73. The Morgan fingerprint density at radius 3 is 2.53 bits per heavy atom. The molecule has 2 aromatic rings. The zero-order valence-electron chi connectivity index (χ0n) is 11.1. The van der Waals surface area contributed by atoms with E-state index in [1.807, 2.05) is 49.4 Å². The lowest BCUT2D eigenvalue weighted by atomic mass is 10.1. The van der Waals surface area contributed by atoms with E-state index in [1.54, 1.807) is 7.11 Å². The molecule has 19 heavy (non-hydrogen) atoms. The van der Waals surface area contributed by atoms with Crippen molar-refractivity contribution in [2.45, 2.75) is 13.5 Å². The van der Waals surface area contributed by atoms with Crippen LogP contribution >= 0.6 is 0 Å². The average Bonchev–Trinajstić information content (AvgIpc) is 2.46. The number of benzene rings is 2. The van der Waals surface area contributed by atoms with Gasteiger partial charge in [0.15, 0.2) is 0 Å². The van der Waals surface area contributed by atoms with Crippen molar-refractivity contribution in [3.8, 4) is 11.8 Å². The highest BCUT2D eigenvalue weighted by atomic mass is 16.5. The lowest BCUT2D eigenvalue weighted by Gasteiger charge is -2.12. The Morgan fingerprint density at radius 1 is 1.16 bits per heavy atom. The summed E-state index contributed by atoms with van der Waals surface area (Å²) >= 11 is 0. The Balaban J connectivity index is 2.07. The van der Waals surface area contributed by atoms with Gasteiger partial charge in [0, 0.05) is 6.54 Å². The van der Waals surface area contributed by atoms with Crippen molar-refractivity contribution in [2.75, 3.05) is 12.4 Å². The fourth-order valence-electron chi connectivity index (χ4n) is 1.84. The number of anilines is 1. The number of rotatable bonds is 4. The predicted octanol–water partition coefficient (Wildman–Crippen LogP) is 3.49. The third kappa shape index (κ3) is 3.26. The van der Waals surface area contributed by atoms with Crippen molar-refractivity contribution < 1.29 is 4.74 Å². The van der Waals surface area contributed by atoms with Crippen LogP contribution in [0.1, 0.15) is 16.7 Å². The van der Waals surface area contributed by atoms with Crippen molar-refractivity contribution >= 4 is 5.69 Å². The van der Waals surface area contributed by atoms with E-state index in [1.165, 1.54) is 5.56 Å². The summed E-state index contributed by atoms with van der Waals surface area (Å²) < 4.78 is 5.35. The third-order valence-corrected chi connectivity index (χ3v) is 2.92. The molecule has 0 spiro atoms. The molecule has 0 aliphatic rings. The van der Waals surface area contributed by atoms with Crippen molar-refractivity contribution in [3.05, 3.63) is 59.2 Å². The first kappa shape index (κ1) is 13.0. The number of methoxy groups -OCH3 is 1. The number of hydrogen-bond acceptors (Lipinski definition) is 3. The van der Waals surface area contributed by atoms with E-state index in [4.69, 9.17) is 10.00 Å². The number of nitrogens with zero attached hydrogens (tertiary/aromatic N) is 1. The monoisotopic (exact) mass is 252 g/mol. The van der Waals surface area contributed by atoms with Gasteiger partial charge in [0.1, 0.15) is 5.75 Å². The molecule has 2 aromatic carbocycles. The Labute approximate surface area is 113 Å². The molecule has 0 saturated heterocycles. The van der Waals surface area contributed by atoms with Crippen molar-refractivity contribution in [1.29, 1.82) is 5.26 Å². The molecule has 3 nitrogen and oxygen atoms in total. The van der Waals surface area contributed by atoms with Crippen LogP contribution in [0.3, 0.4) is 0 Å². The van der Waals surface area contributed by atoms with Gasteiger partial charge in [-0.3, -0.25) is 0 Å². The second kappa shape index (κ2) is 5.92. The molecular formula is C16H16N2O. The average molecular weight is 252 g/mol. The lowest BCUT2D eigenvalue weighted by molar-refractivity contribution is 0.416. The van der Waals surface area contributed by atoms with E-state index in [-0.39, 0.29) is 0 Å². The summed E-state index contributed by atoms with van der Waals surface area (Å²) in [7, 11) is 1.67. The summed E-state index contributed by atoms with van der Waals surface area (Å²) in [5, 5.41) is 12.1. The van der Waals surface area contributed by atoms with Crippen LogP contribution in [0, 0.1) is 18.3 Å². The molecule has 0 atom stereocenters. The van der Waals surface area contributed by atoms with Gasteiger partial charge in [-0.2, -0.15) is 5.26 Å². The molecule has 2 rings (SSSR count). The standard InChI is InChI=1S/C16H16N2O/c1-12-3-8-15(16(9-12)19-2)18-11-14-6-4-13(10-17)5-7-14/h3-9,18H,11H2,1-2H3. The molecule has 0 saturated carbocycles. The molecule has 0 heterocycles. The molecule has 0 aliphatic carbocycles. The maximum absolute atomic E-state index is 8.75. The van der Waals surface area contributed by atoms with Crippen LogP contribution in [-0.2, 0) is 6.54 Å². The molecule has 0 aromatic heterocycles. The highest BCUT2D eigenvalue weighted by molar-refractivity contribution is 5.57. The second-order valence-electron chi connectivity index (χ2n) is 4.37. The Bertz CT molecular complexity index is 597. The molecule has 0 fully saturated rings. The smallest absolute Gasteiger partial charge is 0.142 e. The number of hydrogen-bond donors (Lipinski definition) is 1. The number of nitriles is 1. The highest BCUT2D eigenvalue weighted by Crippen LogP contribution is 2.25. The molecule has 0 aliphatic heterocycles. The van der Waals surface area contributed by atoms with E-state index in [0.717, 1.165) is 17.0 Å². The summed E-state index contributed by atoms with van der Waals surface area (Å²) in [6, 6.07) is 15.7. The van der Waals surface area contributed by atoms with E-state index in [2.05, 4.69) is 11.4 Å². The van der Waals surface area contributed by atoms with Gasteiger partial charge in [0.2, 0.25) is 0 Å². The summed E-state index contributed by atoms with van der Waals surface area (Å²) in [5.41, 5.74) is 3.94. The number of nitrogens with one attached hydrogen (secondary N) is 1. The molecule has 0 bridgehead atoms. The minimum absolute atomic E-state index is 0.677. The van der Waals surface area contributed by atoms with Gasteiger partial charge < -0.3 is 10.1 Å². The largest absolute Gasteiger partial charge is 0.495 e. The molecule has 0 amide bonds. The minimum Gasteiger partial charge on any atom is -0.495 e. The molecule has 0 unspecified atom stereocenters. The van der Waals surface area contributed by atoms with E-state index < -0.39 is 0 Å². The zero-order valence-corrected chi connectivity index (χ0v) is 11.1. The van der Waals surface area contributed by atoms with Crippen LogP contribution in [0.15, 0.2) is 42.5 Å². The topological polar surface area (TPSA) is 45.0 Å². The first-order valence-corrected chi connectivity index (χ1v) is 6.10. The third-order valence-electron chi connectivity index (χ3n) is 2.92. The van der Waals surface area contributed by atoms with Crippen LogP contribution in [0.2, 0.25) is 0 Å². The van der Waals surface area contributed by atoms with Gasteiger partial charge in [0.25, 0.3) is 0 Å². The fraction of sp³-hybridized carbons (Fsp3) is 0.188. The van der Waals surface area contributed by atoms with Crippen molar-refractivity contribution in [1.82, 2.24) is 0 Å². The number of aryl methyl sites for hydroxylation is 1. The van der Waals surface area contributed by atoms with Gasteiger partial charge in [-0.15, -0.1) is 0 Å². The Kier molecular flexibility index (Phi) is 4.04. The first-order valence-electron chi connectivity index (χ1n) is 6.10. The van der Waals surface area contributed by atoms with E-state index in [9.17, 15) is 0 Å². The van der Waals surface area contributed by atoms with Gasteiger partial charge in [-0.25, -0.2) is 0 Å². The van der Waals surface area contributed by atoms with E-state index in [0.29, 0.717) is 12.1 Å². The first-order chi connectivity index (χ1) is 9.22. The maximum Gasteiger partial charge on any atom is 0.142 e. The summed E-state index contributed by atoms with van der Waals surface area (Å²) in [4.78, 5) is 0. The van der Waals surface area contributed by atoms with Gasteiger partial charge in [0.05, 0.1) is 24.4 Å². The van der Waals surface area contributed by atoms with Crippen LogP contribution in [0.5, 0.6) is 5.75 Å². The molecule has 1 N–H and O–H groups in total. The zero-order chi connectivity index (χ0) is 13.7. The lowest BCUT2D eigenvalue weighted by Crippen LogP contribution is -2.01. The quantitative estimate of drug-likeness (QED) is 0.906. The Morgan fingerprint density at radius 2 is 1.89 bits per heavy atom. The molecular weight excluding hydrogens is 236 g/mol. The van der Waals surface area contributed by atoms with Crippen LogP contribution in [0.4, 0.5) is 5.69 Å². The highest BCUT2D eigenvalue weighted by Gasteiger charge is 2.02. The molecule has 3 heteroatoms. The van der Waals surface area contributed by atoms with Crippen LogP contribution in [-0.4, -0.2) is 7.11 Å². The normalized spacial score (nSPS) is 9.74. The summed E-state index contributed by atoms with van der Waals surface area (Å²) in [6.07, 6.45) is 0. The van der Waals surface area contributed by atoms with E-state index >= 15 is 0 Å².